The maximum absolute atomic E-state index is 5.38. The Morgan fingerprint density at radius 1 is 1.10 bits per heavy atom. The number of alkyl halides is 1. The van der Waals surface area contributed by atoms with Gasteiger partial charge in [0.05, 0.1) is 14.2 Å². The Hall–Kier alpha value is -0.700. The van der Waals surface area contributed by atoms with Crippen molar-refractivity contribution >= 4 is 15.9 Å². The fourth-order valence-electron chi connectivity index (χ4n) is 3.05. The quantitative estimate of drug-likeness (QED) is 0.714. The summed E-state index contributed by atoms with van der Waals surface area (Å²) in [6, 6.07) is 6.23. The number of methoxy groups -OCH3 is 2. The normalized spacial score (nSPS) is 24.2. The van der Waals surface area contributed by atoms with Crippen molar-refractivity contribution in [1.82, 2.24) is 0 Å². The predicted molar refractivity (Wildman–Crippen MR) is 87.1 cm³/mol. The Bertz CT molecular complexity index is 425. The number of benzene rings is 1. The van der Waals surface area contributed by atoms with E-state index in [1.807, 2.05) is 6.07 Å². The van der Waals surface area contributed by atoms with Crippen LogP contribution in [0.2, 0.25) is 0 Å². The highest BCUT2D eigenvalue weighted by atomic mass is 79.9. The van der Waals surface area contributed by atoms with E-state index >= 15 is 0 Å². The van der Waals surface area contributed by atoms with Gasteiger partial charge in [0.25, 0.3) is 0 Å². The molecule has 1 aromatic carbocycles. The fraction of sp³-hybridized carbons (Fsp3) is 0.647. The Kier molecular flexibility index (Phi) is 5.76. The highest BCUT2D eigenvalue weighted by Gasteiger charge is 2.24. The first-order valence-electron chi connectivity index (χ1n) is 7.49. The SMILES string of the molecule is COc1ccc(CC(Br)C2CCC(C)CC2)cc1OC. The maximum atomic E-state index is 5.38. The van der Waals surface area contributed by atoms with E-state index in [1.165, 1.54) is 31.2 Å². The Balaban J connectivity index is 1.98. The number of ether oxygens (including phenoxy) is 2. The molecule has 1 unspecified atom stereocenters. The van der Waals surface area contributed by atoms with Crippen LogP contribution in [0, 0.1) is 11.8 Å². The molecular formula is C17H25BrO2. The molecule has 0 radical (unpaired) electrons. The second kappa shape index (κ2) is 7.35. The number of rotatable bonds is 5. The van der Waals surface area contributed by atoms with E-state index < -0.39 is 0 Å². The van der Waals surface area contributed by atoms with Crippen molar-refractivity contribution in [3.63, 3.8) is 0 Å². The lowest BCUT2D eigenvalue weighted by molar-refractivity contribution is 0.285. The Morgan fingerprint density at radius 2 is 1.75 bits per heavy atom. The highest BCUT2D eigenvalue weighted by molar-refractivity contribution is 9.09. The van der Waals surface area contributed by atoms with Gasteiger partial charge in [0.1, 0.15) is 0 Å². The van der Waals surface area contributed by atoms with E-state index in [9.17, 15) is 0 Å². The first kappa shape index (κ1) is 15.7. The van der Waals surface area contributed by atoms with Gasteiger partial charge in [-0.2, -0.15) is 0 Å². The van der Waals surface area contributed by atoms with Crippen LogP contribution in [0.4, 0.5) is 0 Å². The standard InChI is InChI=1S/C17H25BrO2/c1-12-4-7-14(8-5-12)15(18)10-13-6-9-16(19-2)17(11-13)20-3/h6,9,11-12,14-15H,4-5,7-8,10H2,1-3H3. The molecule has 0 aromatic heterocycles. The molecule has 0 N–H and O–H groups in total. The second-order valence-corrected chi connectivity index (χ2v) is 7.11. The topological polar surface area (TPSA) is 18.5 Å². The molecule has 112 valence electrons. The summed E-state index contributed by atoms with van der Waals surface area (Å²) >= 11 is 3.91. The second-order valence-electron chi connectivity index (χ2n) is 5.93. The molecular weight excluding hydrogens is 316 g/mol. The summed E-state index contributed by atoms with van der Waals surface area (Å²) in [5, 5.41) is 0. The molecule has 2 nitrogen and oxygen atoms in total. The third-order valence-electron chi connectivity index (χ3n) is 4.45. The van der Waals surface area contributed by atoms with E-state index in [4.69, 9.17) is 9.47 Å². The molecule has 0 spiro atoms. The predicted octanol–water partition coefficient (Wildman–Crippen LogP) is 4.84. The molecule has 1 atom stereocenters. The minimum absolute atomic E-state index is 0.563. The van der Waals surface area contributed by atoms with E-state index in [2.05, 4.69) is 35.0 Å². The summed E-state index contributed by atoms with van der Waals surface area (Å²) in [4.78, 5) is 0.563. The summed E-state index contributed by atoms with van der Waals surface area (Å²) in [6.07, 6.45) is 6.51. The third kappa shape index (κ3) is 3.91. The smallest absolute Gasteiger partial charge is 0.160 e. The summed E-state index contributed by atoms with van der Waals surface area (Å²) < 4.78 is 10.7. The lowest BCUT2D eigenvalue weighted by Crippen LogP contribution is -2.22. The van der Waals surface area contributed by atoms with Gasteiger partial charge >= 0.3 is 0 Å². The van der Waals surface area contributed by atoms with Crippen molar-refractivity contribution in [3.8, 4) is 11.5 Å². The van der Waals surface area contributed by atoms with Gasteiger partial charge in [-0.05, 0) is 48.8 Å². The molecule has 2 rings (SSSR count). The van der Waals surface area contributed by atoms with Gasteiger partial charge in [0.15, 0.2) is 11.5 Å². The fourth-order valence-corrected chi connectivity index (χ4v) is 3.95. The van der Waals surface area contributed by atoms with Crippen LogP contribution in [0.15, 0.2) is 18.2 Å². The van der Waals surface area contributed by atoms with Crippen LogP contribution >= 0.6 is 15.9 Å². The van der Waals surface area contributed by atoms with Crippen LogP contribution in [0.3, 0.4) is 0 Å². The van der Waals surface area contributed by atoms with E-state index in [0.29, 0.717) is 4.83 Å². The van der Waals surface area contributed by atoms with Crippen LogP contribution in [-0.2, 0) is 6.42 Å². The van der Waals surface area contributed by atoms with Gasteiger partial charge in [-0.3, -0.25) is 0 Å². The molecule has 1 aromatic rings. The Labute approximate surface area is 131 Å². The number of halogens is 1. The molecule has 3 heteroatoms. The molecule has 0 saturated heterocycles. The van der Waals surface area contributed by atoms with Crippen LogP contribution in [0.1, 0.15) is 38.2 Å². The van der Waals surface area contributed by atoms with Crippen molar-refractivity contribution in [2.24, 2.45) is 11.8 Å². The molecule has 1 aliphatic rings. The summed E-state index contributed by atoms with van der Waals surface area (Å²) in [6.45, 7) is 2.37. The van der Waals surface area contributed by atoms with E-state index in [1.54, 1.807) is 14.2 Å². The van der Waals surface area contributed by atoms with Crippen molar-refractivity contribution in [2.45, 2.75) is 43.9 Å². The number of hydrogen-bond donors (Lipinski definition) is 0. The van der Waals surface area contributed by atoms with Gasteiger partial charge in [-0.1, -0.05) is 41.8 Å². The third-order valence-corrected chi connectivity index (χ3v) is 5.52. The van der Waals surface area contributed by atoms with Crippen LogP contribution < -0.4 is 9.47 Å². The maximum Gasteiger partial charge on any atom is 0.160 e. The molecule has 1 saturated carbocycles. The summed E-state index contributed by atoms with van der Waals surface area (Å²) in [5.41, 5.74) is 1.31. The zero-order valence-electron chi connectivity index (χ0n) is 12.7. The van der Waals surface area contributed by atoms with E-state index in [0.717, 1.165) is 29.8 Å². The lowest BCUT2D eigenvalue weighted by atomic mass is 9.80. The molecule has 0 aliphatic heterocycles. The van der Waals surface area contributed by atoms with Crippen LogP contribution in [-0.4, -0.2) is 19.0 Å². The van der Waals surface area contributed by atoms with Crippen LogP contribution in [0.25, 0.3) is 0 Å². The van der Waals surface area contributed by atoms with Gasteiger partial charge in [-0.25, -0.2) is 0 Å². The highest BCUT2D eigenvalue weighted by Crippen LogP contribution is 2.35. The van der Waals surface area contributed by atoms with Crippen LogP contribution in [0.5, 0.6) is 11.5 Å². The van der Waals surface area contributed by atoms with Crippen molar-refractivity contribution in [2.75, 3.05) is 14.2 Å². The molecule has 1 aliphatic carbocycles. The zero-order valence-corrected chi connectivity index (χ0v) is 14.3. The molecule has 0 bridgehead atoms. The Morgan fingerprint density at radius 3 is 2.35 bits per heavy atom. The van der Waals surface area contributed by atoms with Crippen molar-refractivity contribution < 1.29 is 9.47 Å². The van der Waals surface area contributed by atoms with Gasteiger partial charge < -0.3 is 9.47 Å². The number of hydrogen-bond acceptors (Lipinski definition) is 2. The zero-order chi connectivity index (χ0) is 14.5. The largest absolute Gasteiger partial charge is 0.493 e. The van der Waals surface area contributed by atoms with Crippen molar-refractivity contribution in [1.29, 1.82) is 0 Å². The minimum atomic E-state index is 0.563. The first-order chi connectivity index (χ1) is 9.63. The van der Waals surface area contributed by atoms with Gasteiger partial charge in [0.2, 0.25) is 0 Å². The minimum Gasteiger partial charge on any atom is -0.493 e. The summed E-state index contributed by atoms with van der Waals surface area (Å²) in [5.74, 6) is 3.34. The summed E-state index contributed by atoms with van der Waals surface area (Å²) in [7, 11) is 3.36. The molecule has 1 fully saturated rings. The van der Waals surface area contributed by atoms with Gasteiger partial charge in [0, 0.05) is 4.83 Å². The van der Waals surface area contributed by atoms with Crippen molar-refractivity contribution in [3.05, 3.63) is 23.8 Å². The molecule has 20 heavy (non-hydrogen) atoms. The lowest BCUT2D eigenvalue weighted by Gasteiger charge is -2.30. The first-order valence-corrected chi connectivity index (χ1v) is 8.40. The van der Waals surface area contributed by atoms with E-state index in [-0.39, 0.29) is 0 Å². The molecule has 0 heterocycles. The monoisotopic (exact) mass is 340 g/mol. The molecule has 0 amide bonds. The van der Waals surface area contributed by atoms with Gasteiger partial charge in [-0.15, -0.1) is 0 Å². The average Bonchev–Trinajstić information content (AvgIpc) is 2.47. The average molecular weight is 341 g/mol.